The van der Waals surface area contributed by atoms with Crippen molar-refractivity contribution in [1.82, 2.24) is 10.9 Å². The second-order valence-electron chi connectivity index (χ2n) is 5.64. The summed E-state index contributed by atoms with van der Waals surface area (Å²) in [5.41, 5.74) is 5.50. The van der Waals surface area contributed by atoms with E-state index >= 15 is 0 Å². The molecule has 2 amide bonds. The zero-order valence-electron chi connectivity index (χ0n) is 15.5. The highest BCUT2D eigenvalue weighted by atomic mass is 19.1. The topological polar surface area (TPSA) is 85.9 Å². The number of hydrazine groups is 1. The van der Waals surface area contributed by atoms with Crippen molar-refractivity contribution in [3.05, 3.63) is 53.3 Å². The molecule has 0 aliphatic heterocycles. The number of halogens is 1. The Bertz CT molecular complexity index is 816. The highest BCUT2D eigenvalue weighted by Crippen LogP contribution is 2.29. The molecule has 0 aliphatic carbocycles. The van der Waals surface area contributed by atoms with Crippen molar-refractivity contribution in [2.75, 3.05) is 14.2 Å². The molecule has 0 heterocycles. The average molecular weight is 376 g/mol. The Balaban J connectivity index is 2.00. The van der Waals surface area contributed by atoms with Gasteiger partial charge in [-0.25, -0.2) is 4.39 Å². The van der Waals surface area contributed by atoms with Crippen LogP contribution in [0.1, 0.15) is 22.8 Å². The number of hydrogen-bond acceptors (Lipinski definition) is 5. The molecule has 1 atom stereocenters. The maximum atomic E-state index is 13.6. The van der Waals surface area contributed by atoms with Gasteiger partial charge in [0.2, 0.25) is 0 Å². The van der Waals surface area contributed by atoms with Crippen molar-refractivity contribution in [3.8, 4) is 17.2 Å². The van der Waals surface area contributed by atoms with E-state index in [2.05, 4.69) is 10.9 Å². The Morgan fingerprint density at radius 1 is 1.00 bits per heavy atom. The number of para-hydroxylation sites is 1. The number of carbonyl (C=O) groups excluding carboxylic acids is 2. The number of rotatable bonds is 6. The molecule has 0 aliphatic rings. The van der Waals surface area contributed by atoms with Crippen molar-refractivity contribution in [2.45, 2.75) is 20.0 Å². The van der Waals surface area contributed by atoms with Crippen LogP contribution in [-0.4, -0.2) is 32.1 Å². The molecule has 0 radical (unpaired) electrons. The molecule has 0 fully saturated rings. The van der Waals surface area contributed by atoms with E-state index in [9.17, 15) is 14.0 Å². The summed E-state index contributed by atoms with van der Waals surface area (Å²) in [5.74, 6) is -0.903. The van der Waals surface area contributed by atoms with Gasteiger partial charge in [-0.2, -0.15) is 0 Å². The zero-order valence-corrected chi connectivity index (χ0v) is 15.5. The first-order valence-corrected chi connectivity index (χ1v) is 8.11. The van der Waals surface area contributed by atoms with Gasteiger partial charge in [0.1, 0.15) is 11.5 Å². The summed E-state index contributed by atoms with van der Waals surface area (Å²) < 4.78 is 29.3. The molecule has 2 rings (SSSR count). The third-order valence-corrected chi connectivity index (χ3v) is 3.82. The molecule has 8 heteroatoms. The molecular formula is C19H21FN2O5. The van der Waals surface area contributed by atoms with Gasteiger partial charge in [-0.15, -0.1) is 0 Å². The Hall–Kier alpha value is -3.29. The third-order valence-electron chi connectivity index (χ3n) is 3.82. The molecule has 0 spiro atoms. The van der Waals surface area contributed by atoms with Crippen LogP contribution in [0.15, 0.2) is 36.4 Å². The smallest absolute Gasteiger partial charge is 0.279 e. The van der Waals surface area contributed by atoms with E-state index in [1.54, 1.807) is 13.0 Å². The van der Waals surface area contributed by atoms with Crippen LogP contribution < -0.4 is 25.1 Å². The van der Waals surface area contributed by atoms with Crippen LogP contribution in [0, 0.1) is 12.7 Å². The number of benzene rings is 2. The number of amides is 2. The minimum absolute atomic E-state index is 0.0560. The van der Waals surface area contributed by atoms with E-state index in [-0.39, 0.29) is 11.3 Å². The minimum Gasteiger partial charge on any atom is -0.496 e. The molecule has 0 saturated carbocycles. The van der Waals surface area contributed by atoms with Crippen molar-refractivity contribution < 1.29 is 28.2 Å². The van der Waals surface area contributed by atoms with Crippen LogP contribution in [0.5, 0.6) is 17.2 Å². The summed E-state index contributed by atoms with van der Waals surface area (Å²) in [4.78, 5) is 24.4. The Kier molecular flexibility index (Phi) is 6.59. The van der Waals surface area contributed by atoms with Crippen LogP contribution in [0.4, 0.5) is 4.39 Å². The van der Waals surface area contributed by atoms with E-state index in [0.29, 0.717) is 11.5 Å². The third kappa shape index (κ3) is 4.87. The zero-order chi connectivity index (χ0) is 20.0. The van der Waals surface area contributed by atoms with E-state index in [0.717, 1.165) is 5.56 Å². The molecule has 0 unspecified atom stereocenters. The van der Waals surface area contributed by atoms with Gasteiger partial charge in [-0.1, -0.05) is 12.1 Å². The number of nitrogens with one attached hydrogen (secondary N) is 2. The Labute approximate surface area is 156 Å². The number of methoxy groups -OCH3 is 2. The normalized spacial score (nSPS) is 11.3. The van der Waals surface area contributed by atoms with Crippen molar-refractivity contribution in [3.63, 3.8) is 0 Å². The van der Waals surface area contributed by atoms with Crippen LogP contribution in [0.25, 0.3) is 0 Å². The van der Waals surface area contributed by atoms with Crippen LogP contribution in [0.3, 0.4) is 0 Å². The van der Waals surface area contributed by atoms with Crippen molar-refractivity contribution >= 4 is 11.8 Å². The first-order chi connectivity index (χ1) is 12.9. The molecular weight excluding hydrogens is 355 g/mol. The predicted molar refractivity (Wildman–Crippen MR) is 96.4 cm³/mol. The summed E-state index contributed by atoms with van der Waals surface area (Å²) in [6.45, 7) is 3.23. The second kappa shape index (κ2) is 8.88. The molecule has 144 valence electrons. The van der Waals surface area contributed by atoms with Gasteiger partial charge < -0.3 is 14.2 Å². The van der Waals surface area contributed by atoms with Gasteiger partial charge in [0, 0.05) is 11.1 Å². The fourth-order valence-electron chi connectivity index (χ4n) is 2.29. The van der Waals surface area contributed by atoms with Gasteiger partial charge in [0.25, 0.3) is 11.8 Å². The van der Waals surface area contributed by atoms with Gasteiger partial charge in [0.15, 0.2) is 17.7 Å². The van der Waals surface area contributed by atoms with E-state index < -0.39 is 23.7 Å². The molecule has 0 saturated heterocycles. The van der Waals surface area contributed by atoms with Crippen LogP contribution in [0.2, 0.25) is 0 Å². The lowest BCUT2D eigenvalue weighted by Crippen LogP contribution is -2.47. The molecule has 0 bridgehead atoms. The van der Waals surface area contributed by atoms with Crippen molar-refractivity contribution in [2.24, 2.45) is 0 Å². The van der Waals surface area contributed by atoms with E-state index in [4.69, 9.17) is 14.2 Å². The monoisotopic (exact) mass is 376 g/mol. The van der Waals surface area contributed by atoms with Gasteiger partial charge in [-0.3, -0.25) is 20.4 Å². The highest BCUT2D eigenvalue weighted by molar-refractivity contribution is 5.96. The number of carbonyl (C=O) groups is 2. The Morgan fingerprint density at radius 2 is 1.59 bits per heavy atom. The lowest BCUT2D eigenvalue weighted by Gasteiger charge is -2.16. The largest absolute Gasteiger partial charge is 0.496 e. The summed E-state index contributed by atoms with van der Waals surface area (Å²) >= 11 is 0. The molecule has 27 heavy (non-hydrogen) atoms. The Morgan fingerprint density at radius 3 is 2.15 bits per heavy atom. The molecule has 2 aromatic rings. The van der Waals surface area contributed by atoms with Crippen LogP contribution >= 0.6 is 0 Å². The average Bonchev–Trinajstić information content (AvgIpc) is 2.67. The maximum Gasteiger partial charge on any atom is 0.279 e. The summed E-state index contributed by atoms with van der Waals surface area (Å²) in [6, 6.07) is 8.78. The lowest BCUT2D eigenvalue weighted by atomic mass is 10.1. The minimum atomic E-state index is -1.02. The first-order valence-electron chi connectivity index (χ1n) is 8.11. The van der Waals surface area contributed by atoms with Gasteiger partial charge in [-0.05, 0) is 38.1 Å². The quantitative estimate of drug-likeness (QED) is 0.756. The number of ether oxygens (including phenoxy) is 3. The van der Waals surface area contributed by atoms with Gasteiger partial charge >= 0.3 is 0 Å². The van der Waals surface area contributed by atoms with Gasteiger partial charge in [0.05, 0.1) is 14.2 Å². The van der Waals surface area contributed by atoms with E-state index in [1.165, 1.54) is 51.5 Å². The van der Waals surface area contributed by atoms with Crippen molar-refractivity contribution in [1.29, 1.82) is 0 Å². The first kappa shape index (κ1) is 20.0. The SMILES string of the molecule is COc1cc(C(=O)NNC(=O)[C@@H](C)Oc2ccccc2F)cc(OC)c1C. The molecule has 2 N–H and O–H groups in total. The highest BCUT2D eigenvalue weighted by Gasteiger charge is 2.18. The lowest BCUT2D eigenvalue weighted by molar-refractivity contribution is -0.128. The second-order valence-corrected chi connectivity index (χ2v) is 5.64. The molecule has 0 aromatic heterocycles. The fourth-order valence-corrected chi connectivity index (χ4v) is 2.29. The summed E-state index contributed by atoms with van der Waals surface area (Å²) in [6.07, 6.45) is -1.02. The predicted octanol–water partition coefficient (Wildman–Crippen LogP) is 2.38. The number of hydrogen-bond donors (Lipinski definition) is 2. The summed E-state index contributed by atoms with van der Waals surface area (Å²) in [7, 11) is 2.96. The maximum absolute atomic E-state index is 13.6. The standard InChI is InChI=1S/C19H21FN2O5/c1-11-16(25-3)9-13(10-17(11)26-4)19(24)22-21-18(23)12(2)27-15-8-6-5-7-14(15)20/h5-10,12H,1-4H3,(H,21,23)(H,22,24)/t12-/m1/s1. The van der Waals surface area contributed by atoms with Crippen LogP contribution in [-0.2, 0) is 4.79 Å². The molecule has 2 aromatic carbocycles. The fraction of sp³-hybridized carbons (Fsp3) is 0.263. The molecule has 7 nitrogen and oxygen atoms in total. The van der Waals surface area contributed by atoms with E-state index in [1.807, 2.05) is 0 Å². The summed E-state index contributed by atoms with van der Waals surface area (Å²) in [5, 5.41) is 0.